The van der Waals surface area contributed by atoms with Crippen molar-refractivity contribution in [3.05, 3.63) is 46.7 Å². The summed E-state index contributed by atoms with van der Waals surface area (Å²) in [4.78, 5) is 12.5. The van der Waals surface area contributed by atoms with E-state index in [0.29, 0.717) is 18.0 Å². The molecule has 0 spiro atoms. The average Bonchev–Trinajstić information content (AvgIpc) is 2.96. The number of amides is 1. The van der Waals surface area contributed by atoms with Crippen molar-refractivity contribution in [3.63, 3.8) is 0 Å². The summed E-state index contributed by atoms with van der Waals surface area (Å²) in [5, 5.41) is 5.96. The summed E-state index contributed by atoms with van der Waals surface area (Å²) in [7, 11) is 0. The first kappa shape index (κ1) is 19.3. The number of hydrogen-bond donors (Lipinski definition) is 2. The van der Waals surface area contributed by atoms with Gasteiger partial charge in [-0.05, 0) is 45.0 Å². The van der Waals surface area contributed by atoms with Crippen LogP contribution in [0.25, 0.3) is 0 Å². The number of nitrogens with one attached hydrogen (secondary N) is 2. The molecule has 5 nitrogen and oxygen atoms in total. The van der Waals surface area contributed by atoms with Crippen LogP contribution in [0.1, 0.15) is 26.3 Å². The summed E-state index contributed by atoms with van der Waals surface area (Å²) < 4.78 is 25.4. The SMILES string of the molecule is CCOc1cc2c(cc1N[C@H](C)C(=O)Nc1ccc(Cl)cc1F)O[C@H](C)C2. The summed E-state index contributed by atoms with van der Waals surface area (Å²) in [5.74, 6) is 0.475. The van der Waals surface area contributed by atoms with Crippen LogP contribution in [0.3, 0.4) is 0 Å². The Labute approximate surface area is 162 Å². The molecule has 3 rings (SSSR count). The third-order valence-electron chi connectivity index (χ3n) is 4.25. The summed E-state index contributed by atoms with van der Waals surface area (Å²) in [6, 6.07) is 7.26. The van der Waals surface area contributed by atoms with E-state index in [4.69, 9.17) is 21.1 Å². The smallest absolute Gasteiger partial charge is 0.246 e. The zero-order valence-corrected chi connectivity index (χ0v) is 16.2. The first-order valence-electron chi connectivity index (χ1n) is 8.86. The highest BCUT2D eigenvalue weighted by molar-refractivity contribution is 6.30. The van der Waals surface area contributed by atoms with Crippen LogP contribution in [0, 0.1) is 5.82 Å². The molecule has 1 aliphatic rings. The van der Waals surface area contributed by atoms with Crippen LogP contribution in [-0.2, 0) is 11.2 Å². The number of carbonyl (C=O) groups is 1. The molecule has 7 heteroatoms. The lowest BCUT2D eigenvalue weighted by atomic mass is 10.1. The largest absolute Gasteiger partial charge is 0.492 e. The number of fused-ring (bicyclic) bond motifs is 1. The molecule has 1 aliphatic heterocycles. The Morgan fingerprint density at radius 3 is 2.85 bits per heavy atom. The molecule has 2 atom stereocenters. The zero-order chi connectivity index (χ0) is 19.6. The van der Waals surface area contributed by atoms with E-state index in [1.54, 1.807) is 6.92 Å². The van der Waals surface area contributed by atoms with Crippen molar-refractivity contribution in [2.75, 3.05) is 17.2 Å². The van der Waals surface area contributed by atoms with Crippen LogP contribution in [0.15, 0.2) is 30.3 Å². The lowest BCUT2D eigenvalue weighted by Gasteiger charge is -2.19. The maximum atomic E-state index is 13.9. The molecule has 1 amide bonds. The van der Waals surface area contributed by atoms with E-state index in [1.807, 2.05) is 26.0 Å². The zero-order valence-electron chi connectivity index (χ0n) is 15.4. The Morgan fingerprint density at radius 1 is 1.37 bits per heavy atom. The minimum atomic E-state index is -0.629. The molecule has 1 heterocycles. The standard InChI is InChI=1S/C20H22ClFN2O3/c1-4-26-19-8-13-7-11(2)27-18(13)10-17(19)23-12(3)20(25)24-16-6-5-14(21)9-15(16)22/h5-6,8-12,23H,4,7H2,1-3H3,(H,24,25)/t11-,12-/m1/s1. The number of anilines is 2. The van der Waals surface area contributed by atoms with E-state index >= 15 is 0 Å². The van der Waals surface area contributed by atoms with Gasteiger partial charge in [-0.1, -0.05) is 11.6 Å². The Morgan fingerprint density at radius 2 is 2.15 bits per heavy atom. The molecule has 0 aliphatic carbocycles. The normalized spacial score (nSPS) is 16.3. The second-order valence-electron chi connectivity index (χ2n) is 6.50. The quantitative estimate of drug-likeness (QED) is 0.751. The van der Waals surface area contributed by atoms with Gasteiger partial charge in [0, 0.05) is 23.1 Å². The molecular weight excluding hydrogens is 371 g/mol. The lowest BCUT2D eigenvalue weighted by molar-refractivity contribution is -0.116. The second-order valence-corrected chi connectivity index (χ2v) is 6.94. The predicted octanol–water partition coefficient (Wildman–Crippen LogP) is 4.64. The van der Waals surface area contributed by atoms with Gasteiger partial charge in [0.05, 0.1) is 18.0 Å². The van der Waals surface area contributed by atoms with Crippen molar-refractivity contribution in [1.82, 2.24) is 0 Å². The van der Waals surface area contributed by atoms with Crippen LogP contribution in [0.4, 0.5) is 15.8 Å². The van der Waals surface area contributed by atoms with Gasteiger partial charge in [-0.2, -0.15) is 0 Å². The first-order chi connectivity index (χ1) is 12.9. The molecule has 0 bridgehead atoms. The fraction of sp³-hybridized carbons (Fsp3) is 0.350. The highest BCUT2D eigenvalue weighted by atomic mass is 35.5. The molecule has 0 saturated heterocycles. The molecule has 0 aromatic heterocycles. The van der Waals surface area contributed by atoms with Gasteiger partial charge in [0.15, 0.2) is 0 Å². The fourth-order valence-corrected chi connectivity index (χ4v) is 3.12. The molecule has 27 heavy (non-hydrogen) atoms. The Kier molecular flexibility index (Phi) is 5.75. The molecule has 0 fully saturated rings. The summed E-state index contributed by atoms with van der Waals surface area (Å²) in [6.45, 7) is 6.09. The Hall–Kier alpha value is -2.47. The Bertz CT molecular complexity index is 859. The van der Waals surface area contributed by atoms with Gasteiger partial charge in [-0.25, -0.2) is 4.39 Å². The molecule has 2 aromatic rings. The molecule has 0 radical (unpaired) electrons. The van der Waals surface area contributed by atoms with Gasteiger partial charge in [0.2, 0.25) is 5.91 Å². The first-order valence-corrected chi connectivity index (χ1v) is 9.24. The van der Waals surface area contributed by atoms with Crippen molar-refractivity contribution < 1.29 is 18.7 Å². The highest BCUT2D eigenvalue weighted by Crippen LogP contribution is 2.38. The van der Waals surface area contributed by atoms with E-state index in [1.165, 1.54) is 12.1 Å². The van der Waals surface area contributed by atoms with Gasteiger partial charge < -0.3 is 20.1 Å². The third kappa shape index (κ3) is 4.45. The molecule has 2 N–H and O–H groups in total. The van der Waals surface area contributed by atoms with Crippen LogP contribution in [-0.4, -0.2) is 24.7 Å². The number of ether oxygens (including phenoxy) is 2. The summed E-state index contributed by atoms with van der Waals surface area (Å²) >= 11 is 5.74. The Balaban J connectivity index is 1.75. The predicted molar refractivity (Wildman–Crippen MR) is 105 cm³/mol. The number of benzene rings is 2. The molecule has 0 saturated carbocycles. The summed E-state index contributed by atoms with van der Waals surface area (Å²) in [6.07, 6.45) is 0.931. The minimum Gasteiger partial charge on any atom is -0.492 e. The van der Waals surface area contributed by atoms with Gasteiger partial charge >= 0.3 is 0 Å². The minimum absolute atomic E-state index is 0.0780. The van der Waals surface area contributed by atoms with Gasteiger partial charge in [-0.3, -0.25) is 4.79 Å². The molecular formula is C20H22ClFN2O3. The van der Waals surface area contributed by atoms with E-state index < -0.39 is 11.9 Å². The van der Waals surface area contributed by atoms with Crippen LogP contribution >= 0.6 is 11.6 Å². The average molecular weight is 393 g/mol. The van der Waals surface area contributed by atoms with E-state index in [-0.39, 0.29) is 22.7 Å². The lowest BCUT2D eigenvalue weighted by Crippen LogP contribution is -2.32. The number of hydrogen-bond acceptors (Lipinski definition) is 4. The van der Waals surface area contributed by atoms with Gasteiger partial charge in [-0.15, -0.1) is 0 Å². The van der Waals surface area contributed by atoms with E-state index in [0.717, 1.165) is 23.8 Å². The number of rotatable bonds is 6. The molecule has 0 unspecified atom stereocenters. The fourth-order valence-electron chi connectivity index (χ4n) is 2.96. The van der Waals surface area contributed by atoms with Gasteiger partial charge in [0.25, 0.3) is 0 Å². The molecule has 2 aromatic carbocycles. The van der Waals surface area contributed by atoms with Crippen molar-refractivity contribution in [2.24, 2.45) is 0 Å². The van der Waals surface area contributed by atoms with E-state index in [2.05, 4.69) is 10.6 Å². The topological polar surface area (TPSA) is 59.6 Å². The maximum absolute atomic E-state index is 13.9. The van der Waals surface area contributed by atoms with Crippen molar-refractivity contribution in [3.8, 4) is 11.5 Å². The van der Waals surface area contributed by atoms with Crippen molar-refractivity contribution in [1.29, 1.82) is 0 Å². The maximum Gasteiger partial charge on any atom is 0.246 e. The highest BCUT2D eigenvalue weighted by Gasteiger charge is 2.23. The monoisotopic (exact) mass is 392 g/mol. The third-order valence-corrected chi connectivity index (χ3v) is 4.49. The summed E-state index contributed by atoms with van der Waals surface area (Å²) in [5.41, 5.74) is 1.81. The van der Waals surface area contributed by atoms with Crippen molar-refractivity contribution in [2.45, 2.75) is 39.3 Å². The van der Waals surface area contributed by atoms with Crippen LogP contribution in [0.2, 0.25) is 5.02 Å². The van der Waals surface area contributed by atoms with Gasteiger partial charge in [0.1, 0.15) is 29.5 Å². The van der Waals surface area contributed by atoms with Crippen LogP contribution in [0.5, 0.6) is 11.5 Å². The van der Waals surface area contributed by atoms with Crippen molar-refractivity contribution >= 4 is 28.9 Å². The molecule has 144 valence electrons. The second kappa shape index (κ2) is 8.05. The van der Waals surface area contributed by atoms with Crippen LogP contribution < -0.4 is 20.1 Å². The number of halogens is 2. The number of carbonyl (C=O) groups excluding carboxylic acids is 1. The van der Waals surface area contributed by atoms with E-state index in [9.17, 15) is 9.18 Å².